The Morgan fingerprint density at radius 1 is 1.26 bits per heavy atom. The first-order chi connectivity index (χ1) is 14.9. The molecule has 8 heteroatoms. The average Bonchev–Trinajstić information content (AvgIpc) is 2.77. The van der Waals surface area contributed by atoms with Crippen LogP contribution in [0.15, 0.2) is 42.7 Å². The molecule has 1 fully saturated rings. The summed E-state index contributed by atoms with van der Waals surface area (Å²) in [4.78, 5) is 26.1. The van der Waals surface area contributed by atoms with Crippen LogP contribution in [0, 0.1) is 0 Å². The molecule has 0 atom stereocenters. The highest BCUT2D eigenvalue weighted by atomic mass is 35.5. The minimum atomic E-state index is -0.195. The smallest absolute Gasteiger partial charge is 0.255 e. The first-order valence-corrected chi connectivity index (χ1v) is 10.8. The van der Waals surface area contributed by atoms with Crippen LogP contribution in [-0.4, -0.2) is 54.0 Å². The molecule has 1 saturated heterocycles. The molecule has 0 unspecified atom stereocenters. The predicted octanol–water partition coefficient (Wildman–Crippen LogP) is 3.33. The molecule has 0 saturated carbocycles. The van der Waals surface area contributed by atoms with Gasteiger partial charge in [0.25, 0.3) is 5.91 Å². The van der Waals surface area contributed by atoms with Crippen LogP contribution in [0.4, 0.5) is 11.6 Å². The monoisotopic (exact) mass is 438 g/mol. The van der Waals surface area contributed by atoms with Crippen LogP contribution in [0.1, 0.15) is 28.8 Å². The Morgan fingerprint density at radius 3 is 2.81 bits per heavy atom. The van der Waals surface area contributed by atoms with E-state index in [0.29, 0.717) is 34.8 Å². The molecular weight excluding hydrogens is 412 g/mol. The SMILES string of the molecule is CN1CCC(N(C)c2ncc(Cl)cc2C(=O)NCc2ccc3c(N)nccc3c2)CC1. The summed E-state index contributed by atoms with van der Waals surface area (Å²) in [5.74, 6) is 0.965. The molecule has 1 aliphatic rings. The van der Waals surface area contributed by atoms with E-state index in [0.717, 1.165) is 42.3 Å². The van der Waals surface area contributed by atoms with Gasteiger partial charge in [0.15, 0.2) is 0 Å². The Balaban J connectivity index is 1.51. The third-order valence-electron chi connectivity index (χ3n) is 5.96. The van der Waals surface area contributed by atoms with Gasteiger partial charge in [-0.15, -0.1) is 0 Å². The number of piperidine rings is 1. The van der Waals surface area contributed by atoms with Crippen LogP contribution in [0.5, 0.6) is 0 Å². The van der Waals surface area contributed by atoms with Crippen molar-refractivity contribution in [3.8, 4) is 0 Å². The quantitative estimate of drug-likeness (QED) is 0.635. The lowest BCUT2D eigenvalue weighted by Gasteiger charge is -2.36. The van der Waals surface area contributed by atoms with E-state index in [4.69, 9.17) is 17.3 Å². The zero-order valence-corrected chi connectivity index (χ0v) is 18.6. The topological polar surface area (TPSA) is 87.4 Å². The molecule has 162 valence electrons. The zero-order chi connectivity index (χ0) is 22.0. The number of halogens is 1. The Morgan fingerprint density at radius 2 is 2.03 bits per heavy atom. The van der Waals surface area contributed by atoms with Crippen LogP contribution in [0.3, 0.4) is 0 Å². The van der Waals surface area contributed by atoms with E-state index >= 15 is 0 Å². The second-order valence-corrected chi connectivity index (χ2v) is 8.54. The molecule has 3 aromatic rings. The summed E-state index contributed by atoms with van der Waals surface area (Å²) >= 11 is 6.18. The maximum absolute atomic E-state index is 13.1. The normalized spacial score (nSPS) is 15.2. The number of hydrogen-bond donors (Lipinski definition) is 2. The van der Waals surface area contributed by atoms with E-state index in [1.54, 1.807) is 18.5 Å². The van der Waals surface area contributed by atoms with Gasteiger partial charge in [-0.25, -0.2) is 9.97 Å². The molecule has 1 aromatic carbocycles. The number of amides is 1. The highest BCUT2D eigenvalue weighted by Gasteiger charge is 2.25. The number of nitrogens with one attached hydrogen (secondary N) is 1. The number of aromatic nitrogens is 2. The van der Waals surface area contributed by atoms with Crippen LogP contribution in [-0.2, 0) is 6.54 Å². The predicted molar refractivity (Wildman–Crippen MR) is 125 cm³/mol. The van der Waals surface area contributed by atoms with Gasteiger partial charge in [0.2, 0.25) is 0 Å². The van der Waals surface area contributed by atoms with E-state index in [1.165, 1.54) is 0 Å². The Hall–Kier alpha value is -2.90. The van der Waals surface area contributed by atoms with Gasteiger partial charge in [0.05, 0.1) is 10.6 Å². The number of benzene rings is 1. The van der Waals surface area contributed by atoms with Gasteiger partial charge in [-0.1, -0.05) is 23.7 Å². The molecular formula is C23H27ClN6O. The van der Waals surface area contributed by atoms with Crippen LogP contribution < -0.4 is 16.0 Å². The molecule has 0 aliphatic carbocycles. The van der Waals surface area contributed by atoms with Gasteiger partial charge in [0.1, 0.15) is 11.6 Å². The summed E-state index contributed by atoms with van der Waals surface area (Å²) in [6.45, 7) is 2.46. The molecule has 1 amide bonds. The Bertz CT molecular complexity index is 1100. The number of hydrogen-bond acceptors (Lipinski definition) is 6. The molecule has 0 spiro atoms. The fourth-order valence-corrected chi connectivity index (χ4v) is 4.23. The van der Waals surface area contributed by atoms with Crippen molar-refractivity contribution in [2.45, 2.75) is 25.4 Å². The van der Waals surface area contributed by atoms with Crippen LogP contribution in [0.25, 0.3) is 10.8 Å². The maximum atomic E-state index is 13.1. The minimum absolute atomic E-state index is 0.195. The van der Waals surface area contributed by atoms with E-state index in [2.05, 4.69) is 32.1 Å². The maximum Gasteiger partial charge on any atom is 0.255 e. The van der Waals surface area contributed by atoms with Crippen molar-refractivity contribution in [3.05, 3.63) is 58.9 Å². The number of nitrogens with two attached hydrogens (primary N) is 1. The van der Waals surface area contributed by atoms with Gasteiger partial charge >= 0.3 is 0 Å². The van der Waals surface area contributed by atoms with Crippen molar-refractivity contribution in [2.75, 3.05) is 37.8 Å². The average molecular weight is 439 g/mol. The number of fused-ring (bicyclic) bond motifs is 1. The first-order valence-electron chi connectivity index (χ1n) is 10.4. The number of nitrogen functional groups attached to an aromatic ring is 1. The van der Waals surface area contributed by atoms with Gasteiger partial charge in [0, 0.05) is 37.4 Å². The minimum Gasteiger partial charge on any atom is -0.383 e. The fourth-order valence-electron chi connectivity index (χ4n) is 4.07. The lowest BCUT2D eigenvalue weighted by molar-refractivity contribution is 0.0951. The van der Waals surface area contributed by atoms with Crippen molar-refractivity contribution in [3.63, 3.8) is 0 Å². The Kier molecular flexibility index (Phi) is 6.25. The molecule has 2 aromatic heterocycles. The van der Waals surface area contributed by atoms with E-state index in [-0.39, 0.29) is 5.91 Å². The van der Waals surface area contributed by atoms with Gasteiger partial charge < -0.3 is 20.9 Å². The number of pyridine rings is 2. The van der Waals surface area contributed by atoms with E-state index in [1.807, 2.05) is 31.3 Å². The van der Waals surface area contributed by atoms with Crippen LogP contribution in [0.2, 0.25) is 5.02 Å². The van der Waals surface area contributed by atoms with E-state index < -0.39 is 0 Å². The summed E-state index contributed by atoms with van der Waals surface area (Å²) in [7, 11) is 4.14. The Labute approximate surface area is 187 Å². The molecule has 0 bridgehead atoms. The molecule has 4 rings (SSSR count). The summed E-state index contributed by atoms with van der Waals surface area (Å²) in [6.07, 6.45) is 5.35. The summed E-state index contributed by atoms with van der Waals surface area (Å²) in [5.41, 5.74) is 7.39. The largest absolute Gasteiger partial charge is 0.383 e. The second kappa shape index (κ2) is 9.08. The van der Waals surface area contributed by atoms with Crippen molar-refractivity contribution in [1.29, 1.82) is 0 Å². The highest BCUT2D eigenvalue weighted by Crippen LogP contribution is 2.26. The number of carbonyl (C=O) groups excluding carboxylic acids is 1. The second-order valence-electron chi connectivity index (χ2n) is 8.10. The van der Waals surface area contributed by atoms with Gasteiger partial charge in [-0.05, 0) is 62.1 Å². The standard InChI is InChI=1S/C23H27ClN6O/c1-29-9-6-18(7-10-29)30(2)22-20(12-17(24)14-27-22)23(31)28-13-15-3-4-19-16(11-15)5-8-26-21(19)25/h3-5,8,11-12,14,18H,6-7,9-10,13H2,1-2H3,(H2,25,26)(H,28,31). The van der Waals surface area contributed by atoms with Crippen molar-refractivity contribution in [2.24, 2.45) is 0 Å². The summed E-state index contributed by atoms with van der Waals surface area (Å²) < 4.78 is 0. The van der Waals surface area contributed by atoms with Crippen molar-refractivity contribution >= 4 is 39.9 Å². The highest BCUT2D eigenvalue weighted by molar-refractivity contribution is 6.31. The molecule has 31 heavy (non-hydrogen) atoms. The van der Waals surface area contributed by atoms with Crippen molar-refractivity contribution in [1.82, 2.24) is 20.2 Å². The molecule has 0 radical (unpaired) electrons. The lowest BCUT2D eigenvalue weighted by Crippen LogP contribution is -2.43. The summed E-state index contributed by atoms with van der Waals surface area (Å²) in [6, 6.07) is 9.83. The van der Waals surface area contributed by atoms with Gasteiger partial charge in [-0.2, -0.15) is 0 Å². The lowest BCUT2D eigenvalue weighted by atomic mass is 10.0. The van der Waals surface area contributed by atoms with Gasteiger partial charge in [-0.3, -0.25) is 4.79 Å². The number of anilines is 2. The van der Waals surface area contributed by atoms with Crippen LogP contribution >= 0.6 is 11.6 Å². The molecule has 7 nitrogen and oxygen atoms in total. The molecule has 3 heterocycles. The van der Waals surface area contributed by atoms with Crippen molar-refractivity contribution < 1.29 is 4.79 Å². The third-order valence-corrected chi connectivity index (χ3v) is 6.17. The first kappa shape index (κ1) is 21.3. The third kappa shape index (κ3) is 4.73. The number of likely N-dealkylation sites (tertiary alicyclic amines) is 1. The van der Waals surface area contributed by atoms with E-state index in [9.17, 15) is 4.79 Å². The number of carbonyl (C=O) groups is 1. The number of rotatable bonds is 5. The molecule has 3 N–H and O–H groups in total. The summed E-state index contributed by atoms with van der Waals surface area (Å²) in [5, 5.41) is 5.35. The zero-order valence-electron chi connectivity index (χ0n) is 17.8. The molecule has 1 aliphatic heterocycles. The number of nitrogens with zero attached hydrogens (tertiary/aromatic N) is 4. The fraction of sp³-hybridized carbons (Fsp3) is 0.348.